The molecule has 98 valence electrons. The van der Waals surface area contributed by atoms with Crippen molar-refractivity contribution in [3.8, 4) is 0 Å². The number of nitrogens with one attached hydrogen (secondary N) is 1. The highest BCUT2D eigenvalue weighted by Crippen LogP contribution is 2.16. The van der Waals surface area contributed by atoms with Crippen LogP contribution < -0.4 is 5.32 Å². The molecule has 17 heavy (non-hydrogen) atoms. The number of hydrogen-bond donors (Lipinski definition) is 1. The summed E-state index contributed by atoms with van der Waals surface area (Å²) in [5.41, 5.74) is 0. The van der Waals surface area contributed by atoms with Crippen LogP contribution in [0.3, 0.4) is 0 Å². The Morgan fingerprint density at radius 1 is 1.24 bits per heavy atom. The highest BCUT2D eigenvalue weighted by atomic mass is 32.1. The third-order valence-electron chi connectivity index (χ3n) is 3.10. The first-order chi connectivity index (χ1) is 8.24. The Labute approximate surface area is 110 Å². The molecule has 0 amide bonds. The molecule has 1 rings (SSSR count). The van der Waals surface area contributed by atoms with E-state index in [0.717, 1.165) is 0 Å². The Morgan fingerprint density at radius 2 is 2.00 bits per heavy atom. The van der Waals surface area contributed by atoms with Crippen LogP contribution in [0.5, 0.6) is 0 Å². The van der Waals surface area contributed by atoms with E-state index in [1.54, 1.807) is 11.3 Å². The summed E-state index contributed by atoms with van der Waals surface area (Å²) in [6.45, 7) is 6.75. The van der Waals surface area contributed by atoms with Crippen LogP contribution in [0.15, 0.2) is 11.6 Å². The highest BCUT2D eigenvalue weighted by Gasteiger charge is 2.10. The average molecular weight is 254 g/mol. The minimum atomic E-state index is 0.389. The first-order valence-corrected chi connectivity index (χ1v) is 7.77. The topological polar surface area (TPSA) is 24.9 Å². The zero-order valence-corrected chi connectivity index (χ0v) is 12.2. The molecule has 1 N–H and O–H groups in total. The third-order valence-corrected chi connectivity index (χ3v) is 4.06. The van der Waals surface area contributed by atoms with Crippen LogP contribution in [-0.2, 0) is 0 Å². The van der Waals surface area contributed by atoms with Gasteiger partial charge in [0.05, 0.1) is 6.04 Å². The van der Waals surface area contributed by atoms with Gasteiger partial charge in [-0.05, 0) is 20.3 Å². The Morgan fingerprint density at radius 3 is 2.65 bits per heavy atom. The van der Waals surface area contributed by atoms with Crippen LogP contribution in [0.1, 0.15) is 70.3 Å². The molecule has 2 unspecified atom stereocenters. The lowest BCUT2D eigenvalue weighted by atomic mass is 10.1. The van der Waals surface area contributed by atoms with E-state index in [2.05, 4.69) is 31.1 Å². The minimum Gasteiger partial charge on any atom is -0.306 e. The summed E-state index contributed by atoms with van der Waals surface area (Å²) >= 11 is 1.73. The molecule has 0 radical (unpaired) electrons. The zero-order valence-electron chi connectivity index (χ0n) is 11.4. The lowest BCUT2D eigenvalue weighted by molar-refractivity contribution is 0.436. The molecule has 2 atom stereocenters. The molecule has 0 spiro atoms. The van der Waals surface area contributed by atoms with Crippen molar-refractivity contribution in [1.82, 2.24) is 10.3 Å². The van der Waals surface area contributed by atoms with Gasteiger partial charge in [-0.3, -0.25) is 0 Å². The van der Waals surface area contributed by atoms with Crippen LogP contribution in [0.2, 0.25) is 0 Å². The SMILES string of the molecule is CCCCCCCC(C)NC(C)c1nccs1. The second-order valence-electron chi connectivity index (χ2n) is 4.86. The molecular formula is C14H26N2S. The Hall–Kier alpha value is -0.410. The fourth-order valence-corrected chi connectivity index (χ4v) is 2.74. The van der Waals surface area contributed by atoms with Crippen molar-refractivity contribution in [3.63, 3.8) is 0 Å². The number of aromatic nitrogens is 1. The van der Waals surface area contributed by atoms with Gasteiger partial charge in [-0.1, -0.05) is 39.0 Å². The van der Waals surface area contributed by atoms with Crippen molar-refractivity contribution >= 4 is 11.3 Å². The van der Waals surface area contributed by atoms with Crippen LogP contribution in [-0.4, -0.2) is 11.0 Å². The molecule has 1 aromatic rings. The number of rotatable bonds is 9. The first-order valence-electron chi connectivity index (χ1n) is 6.89. The molecule has 0 saturated carbocycles. The lowest BCUT2D eigenvalue weighted by Gasteiger charge is -2.18. The molecule has 0 fully saturated rings. The fraction of sp³-hybridized carbons (Fsp3) is 0.786. The van der Waals surface area contributed by atoms with Crippen molar-refractivity contribution in [2.45, 2.75) is 71.4 Å². The van der Waals surface area contributed by atoms with E-state index in [4.69, 9.17) is 0 Å². The zero-order chi connectivity index (χ0) is 12.5. The Kier molecular flexibility index (Phi) is 7.45. The van der Waals surface area contributed by atoms with Crippen LogP contribution in [0.25, 0.3) is 0 Å². The number of thiazole rings is 1. The van der Waals surface area contributed by atoms with Crippen LogP contribution >= 0.6 is 11.3 Å². The Bertz CT molecular complexity index is 272. The van der Waals surface area contributed by atoms with Crippen molar-refractivity contribution in [2.75, 3.05) is 0 Å². The van der Waals surface area contributed by atoms with E-state index in [9.17, 15) is 0 Å². The summed E-state index contributed by atoms with van der Waals surface area (Å²) < 4.78 is 0. The van der Waals surface area contributed by atoms with Gasteiger partial charge < -0.3 is 5.32 Å². The lowest BCUT2D eigenvalue weighted by Crippen LogP contribution is -2.28. The van der Waals surface area contributed by atoms with Crippen LogP contribution in [0, 0.1) is 0 Å². The van der Waals surface area contributed by atoms with E-state index < -0.39 is 0 Å². The van der Waals surface area contributed by atoms with E-state index in [1.807, 2.05) is 11.6 Å². The summed E-state index contributed by atoms with van der Waals surface area (Å²) in [5, 5.41) is 6.86. The molecule has 2 nitrogen and oxygen atoms in total. The van der Waals surface area contributed by atoms with Crippen LogP contribution in [0.4, 0.5) is 0 Å². The molecule has 0 saturated heterocycles. The van der Waals surface area contributed by atoms with Gasteiger partial charge in [-0.25, -0.2) is 4.98 Å². The maximum atomic E-state index is 4.35. The molecule has 0 aliphatic heterocycles. The van der Waals surface area contributed by atoms with Gasteiger partial charge in [-0.15, -0.1) is 11.3 Å². The predicted molar refractivity (Wildman–Crippen MR) is 76.5 cm³/mol. The van der Waals surface area contributed by atoms with Gasteiger partial charge in [0, 0.05) is 17.6 Å². The van der Waals surface area contributed by atoms with E-state index in [-0.39, 0.29) is 0 Å². The highest BCUT2D eigenvalue weighted by molar-refractivity contribution is 7.09. The Balaban J connectivity index is 2.10. The summed E-state index contributed by atoms with van der Waals surface area (Å²) in [4.78, 5) is 4.35. The third kappa shape index (κ3) is 6.18. The smallest absolute Gasteiger partial charge is 0.109 e. The minimum absolute atomic E-state index is 0.389. The predicted octanol–water partition coefficient (Wildman–Crippen LogP) is 4.54. The molecular weight excluding hydrogens is 228 g/mol. The summed E-state index contributed by atoms with van der Waals surface area (Å²) in [7, 11) is 0. The number of hydrogen-bond acceptors (Lipinski definition) is 3. The number of unbranched alkanes of at least 4 members (excludes halogenated alkanes) is 4. The molecule has 3 heteroatoms. The summed E-state index contributed by atoms with van der Waals surface area (Å²) in [6, 6.07) is 0.983. The normalized spacial score (nSPS) is 14.8. The second kappa shape index (κ2) is 8.65. The van der Waals surface area contributed by atoms with Gasteiger partial charge in [-0.2, -0.15) is 0 Å². The van der Waals surface area contributed by atoms with Crippen molar-refractivity contribution in [1.29, 1.82) is 0 Å². The number of nitrogens with zero attached hydrogens (tertiary/aromatic N) is 1. The quantitative estimate of drug-likeness (QED) is 0.654. The maximum absolute atomic E-state index is 4.35. The monoisotopic (exact) mass is 254 g/mol. The van der Waals surface area contributed by atoms with Gasteiger partial charge in [0.2, 0.25) is 0 Å². The van der Waals surface area contributed by atoms with Crippen molar-refractivity contribution in [3.05, 3.63) is 16.6 Å². The molecule has 0 aliphatic rings. The fourth-order valence-electron chi connectivity index (χ4n) is 2.08. The van der Waals surface area contributed by atoms with Gasteiger partial charge in [0.15, 0.2) is 0 Å². The summed E-state index contributed by atoms with van der Waals surface area (Å²) in [6.07, 6.45) is 9.99. The van der Waals surface area contributed by atoms with E-state index in [1.165, 1.54) is 43.5 Å². The molecule has 1 heterocycles. The summed E-state index contributed by atoms with van der Waals surface area (Å²) in [5.74, 6) is 0. The van der Waals surface area contributed by atoms with Crippen molar-refractivity contribution < 1.29 is 0 Å². The molecule has 0 bridgehead atoms. The van der Waals surface area contributed by atoms with Gasteiger partial charge in [0.1, 0.15) is 5.01 Å². The first kappa shape index (κ1) is 14.7. The van der Waals surface area contributed by atoms with Gasteiger partial charge >= 0.3 is 0 Å². The molecule has 0 aromatic carbocycles. The van der Waals surface area contributed by atoms with E-state index in [0.29, 0.717) is 12.1 Å². The molecule has 1 aromatic heterocycles. The van der Waals surface area contributed by atoms with E-state index >= 15 is 0 Å². The van der Waals surface area contributed by atoms with Crippen molar-refractivity contribution in [2.24, 2.45) is 0 Å². The van der Waals surface area contributed by atoms with Gasteiger partial charge in [0.25, 0.3) is 0 Å². The standard InChI is InChI=1S/C14H26N2S/c1-4-5-6-7-8-9-12(2)16-13(3)14-15-10-11-17-14/h10-13,16H,4-9H2,1-3H3. The second-order valence-corrected chi connectivity index (χ2v) is 5.79. The largest absolute Gasteiger partial charge is 0.306 e. The molecule has 0 aliphatic carbocycles. The average Bonchev–Trinajstić information content (AvgIpc) is 2.82. The maximum Gasteiger partial charge on any atom is 0.109 e.